The number of aliphatic hydroxyl groups is 5. The van der Waals surface area contributed by atoms with Crippen LogP contribution in [0.5, 0.6) is 0 Å². The molecule has 0 aliphatic carbocycles. The van der Waals surface area contributed by atoms with Crippen LogP contribution in [-0.4, -0.2) is 87.5 Å². The zero-order valence-electron chi connectivity index (χ0n) is 35.1. The Labute approximate surface area is 340 Å². The number of carbonyl (C=O) groups excluding carboxylic acids is 1. The van der Waals surface area contributed by atoms with Crippen molar-refractivity contribution in [2.75, 3.05) is 13.2 Å². The lowest BCUT2D eigenvalue weighted by Gasteiger charge is -2.40. The van der Waals surface area contributed by atoms with Crippen molar-refractivity contribution in [1.82, 2.24) is 5.32 Å². The van der Waals surface area contributed by atoms with Crippen LogP contribution in [0.4, 0.5) is 0 Å². The van der Waals surface area contributed by atoms with Crippen molar-refractivity contribution in [3.63, 3.8) is 0 Å². The van der Waals surface area contributed by atoms with Crippen LogP contribution in [-0.2, 0) is 14.3 Å². The summed E-state index contributed by atoms with van der Waals surface area (Å²) in [6, 6.07) is -0.744. The second kappa shape index (κ2) is 36.9. The Balaban J connectivity index is 2.39. The number of carbonyl (C=O) groups is 1. The molecule has 1 aliphatic rings. The number of unbranched alkanes of at least 4 members (excludes halogenated alkanes) is 13. The van der Waals surface area contributed by atoms with Gasteiger partial charge in [-0.25, -0.2) is 0 Å². The topological polar surface area (TPSA) is 149 Å². The maximum absolute atomic E-state index is 12.9. The van der Waals surface area contributed by atoms with Gasteiger partial charge < -0.3 is 40.3 Å². The fraction of sp³-hybridized carbons (Fsp3) is 0.723. The second-order valence-corrected chi connectivity index (χ2v) is 15.1. The first-order valence-electron chi connectivity index (χ1n) is 22.1. The lowest BCUT2D eigenvalue weighted by Crippen LogP contribution is -2.60. The molecule has 1 saturated heterocycles. The van der Waals surface area contributed by atoms with E-state index in [4.69, 9.17) is 9.47 Å². The summed E-state index contributed by atoms with van der Waals surface area (Å²) in [6.45, 7) is 3.66. The van der Waals surface area contributed by atoms with Gasteiger partial charge in [-0.2, -0.15) is 0 Å². The molecule has 0 aromatic heterocycles. The molecule has 56 heavy (non-hydrogen) atoms. The van der Waals surface area contributed by atoms with E-state index in [-0.39, 0.29) is 12.5 Å². The van der Waals surface area contributed by atoms with Gasteiger partial charge in [0, 0.05) is 6.42 Å². The molecule has 0 bridgehead atoms. The van der Waals surface area contributed by atoms with Crippen LogP contribution in [0.15, 0.2) is 72.9 Å². The number of rotatable bonds is 35. The zero-order chi connectivity index (χ0) is 40.9. The van der Waals surface area contributed by atoms with Crippen LogP contribution < -0.4 is 5.32 Å². The maximum Gasteiger partial charge on any atom is 0.220 e. The molecule has 6 N–H and O–H groups in total. The Hall–Kier alpha value is -2.37. The van der Waals surface area contributed by atoms with Crippen LogP contribution >= 0.6 is 0 Å². The molecule has 0 aromatic rings. The number of hydrogen-bond donors (Lipinski definition) is 6. The number of hydrogen-bond acceptors (Lipinski definition) is 8. The van der Waals surface area contributed by atoms with Gasteiger partial charge in [0.2, 0.25) is 5.91 Å². The Morgan fingerprint density at radius 3 is 1.61 bits per heavy atom. The van der Waals surface area contributed by atoms with Gasteiger partial charge in [0.15, 0.2) is 6.29 Å². The highest BCUT2D eigenvalue weighted by molar-refractivity contribution is 5.76. The first kappa shape index (κ1) is 51.6. The van der Waals surface area contributed by atoms with Crippen molar-refractivity contribution in [2.24, 2.45) is 0 Å². The maximum atomic E-state index is 12.9. The molecule has 9 heteroatoms. The van der Waals surface area contributed by atoms with Gasteiger partial charge in [-0.15, -0.1) is 0 Å². The molecule has 0 saturated carbocycles. The first-order valence-corrected chi connectivity index (χ1v) is 22.1. The van der Waals surface area contributed by atoms with Crippen LogP contribution in [0.25, 0.3) is 0 Å². The molecule has 7 unspecified atom stereocenters. The van der Waals surface area contributed by atoms with Crippen molar-refractivity contribution < 1.29 is 39.8 Å². The summed E-state index contributed by atoms with van der Waals surface area (Å²) >= 11 is 0. The van der Waals surface area contributed by atoms with E-state index in [0.29, 0.717) is 19.3 Å². The van der Waals surface area contributed by atoms with Crippen molar-refractivity contribution in [2.45, 2.75) is 204 Å². The van der Waals surface area contributed by atoms with Crippen molar-refractivity contribution in [3.05, 3.63) is 72.9 Å². The lowest BCUT2D eigenvalue weighted by atomic mass is 9.99. The molecular formula is C47H81NO8. The second-order valence-electron chi connectivity index (χ2n) is 15.1. The molecule has 1 amide bonds. The van der Waals surface area contributed by atoms with Gasteiger partial charge in [-0.05, 0) is 64.2 Å². The van der Waals surface area contributed by atoms with Gasteiger partial charge in [-0.1, -0.05) is 164 Å². The molecule has 322 valence electrons. The number of aliphatic hydroxyl groups excluding tert-OH is 5. The van der Waals surface area contributed by atoms with Crippen molar-refractivity contribution in [1.29, 1.82) is 0 Å². The smallest absolute Gasteiger partial charge is 0.220 e. The predicted molar refractivity (Wildman–Crippen MR) is 230 cm³/mol. The molecule has 1 fully saturated rings. The number of allylic oxidation sites excluding steroid dienone is 12. The van der Waals surface area contributed by atoms with Crippen LogP contribution in [0.2, 0.25) is 0 Å². The largest absolute Gasteiger partial charge is 0.394 e. The van der Waals surface area contributed by atoms with E-state index < -0.39 is 49.5 Å². The van der Waals surface area contributed by atoms with Crippen LogP contribution in [0, 0.1) is 0 Å². The van der Waals surface area contributed by atoms with E-state index >= 15 is 0 Å². The van der Waals surface area contributed by atoms with Crippen LogP contribution in [0.1, 0.15) is 162 Å². The summed E-state index contributed by atoms with van der Waals surface area (Å²) in [6.07, 6.45) is 41.9. The predicted octanol–water partition coefficient (Wildman–Crippen LogP) is 9.00. The van der Waals surface area contributed by atoms with Gasteiger partial charge in [-0.3, -0.25) is 4.79 Å². The third-order valence-electron chi connectivity index (χ3n) is 10.1. The monoisotopic (exact) mass is 788 g/mol. The Morgan fingerprint density at radius 2 is 1.11 bits per heavy atom. The molecular weight excluding hydrogens is 707 g/mol. The summed E-state index contributed by atoms with van der Waals surface area (Å²) in [5, 5.41) is 54.2. The van der Waals surface area contributed by atoms with Crippen molar-refractivity contribution >= 4 is 5.91 Å². The fourth-order valence-electron chi connectivity index (χ4n) is 6.51. The van der Waals surface area contributed by atoms with E-state index in [1.165, 1.54) is 57.8 Å². The van der Waals surface area contributed by atoms with E-state index in [1.54, 1.807) is 0 Å². The quantitative estimate of drug-likeness (QED) is 0.0276. The number of amides is 1. The van der Waals surface area contributed by atoms with Gasteiger partial charge in [0.1, 0.15) is 24.4 Å². The SMILES string of the molecule is CC/C=C\C/C=C\C/C=C\C/C=C\C/C=C\C/C=C\CCCCC(=O)NC(COC1OC(CO)C(O)C(O)C1O)C(O)CCCCCCCCCCCCCC. The standard InChI is InChI=1S/C47H81NO8/c1-3-5-7-9-11-13-15-17-18-19-20-21-22-23-24-25-27-29-31-33-35-37-43(51)48-40(39-55-47-46(54)45(53)44(52)42(38-49)56-47)41(50)36-34-32-30-28-26-16-14-12-10-8-6-4-2/h5,7,11,13,17-18,20-21,23-24,27,29,40-42,44-47,49-50,52-54H,3-4,6,8-10,12,14-16,19,22,25-26,28,30-39H2,1-2H3,(H,48,51)/b7-5-,13-11-,18-17-,21-20-,24-23-,29-27-. The highest BCUT2D eigenvalue weighted by Crippen LogP contribution is 2.23. The van der Waals surface area contributed by atoms with Gasteiger partial charge >= 0.3 is 0 Å². The summed E-state index contributed by atoms with van der Waals surface area (Å²) in [7, 11) is 0. The minimum Gasteiger partial charge on any atom is -0.394 e. The normalized spacial score (nSPS) is 21.9. The summed E-state index contributed by atoms with van der Waals surface area (Å²) < 4.78 is 11.2. The third-order valence-corrected chi connectivity index (χ3v) is 10.1. The average molecular weight is 788 g/mol. The number of nitrogens with one attached hydrogen (secondary N) is 1. The average Bonchev–Trinajstić information content (AvgIpc) is 3.20. The van der Waals surface area contributed by atoms with E-state index in [2.05, 4.69) is 92.1 Å². The zero-order valence-corrected chi connectivity index (χ0v) is 35.1. The fourth-order valence-corrected chi connectivity index (χ4v) is 6.51. The van der Waals surface area contributed by atoms with Crippen molar-refractivity contribution in [3.8, 4) is 0 Å². The molecule has 1 heterocycles. The molecule has 0 spiro atoms. The molecule has 9 nitrogen and oxygen atoms in total. The highest BCUT2D eigenvalue weighted by Gasteiger charge is 2.44. The lowest BCUT2D eigenvalue weighted by molar-refractivity contribution is -0.302. The Kier molecular flexibility index (Phi) is 34.1. The molecule has 1 aliphatic heterocycles. The minimum atomic E-state index is -1.56. The molecule has 0 radical (unpaired) electrons. The molecule has 1 rings (SSSR count). The van der Waals surface area contributed by atoms with E-state index in [1.807, 2.05) is 0 Å². The van der Waals surface area contributed by atoms with E-state index in [0.717, 1.165) is 70.6 Å². The Morgan fingerprint density at radius 1 is 0.625 bits per heavy atom. The van der Waals surface area contributed by atoms with E-state index in [9.17, 15) is 30.3 Å². The molecule has 0 aromatic carbocycles. The van der Waals surface area contributed by atoms with Gasteiger partial charge in [0.25, 0.3) is 0 Å². The molecule has 7 atom stereocenters. The Bertz CT molecular complexity index is 1100. The number of ether oxygens (including phenoxy) is 2. The minimum absolute atomic E-state index is 0.160. The summed E-state index contributed by atoms with van der Waals surface area (Å²) in [5.74, 6) is -0.191. The first-order chi connectivity index (χ1) is 27.3. The third kappa shape index (κ3) is 27.3. The summed E-state index contributed by atoms with van der Waals surface area (Å²) in [4.78, 5) is 12.9. The van der Waals surface area contributed by atoms with Gasteiger partial charge in [0.05, 0.1) is 25.4 Å². The summed E-state index contributed by atoms with van der Waals surface area (Å²) in [5.41, 5.74) is 0. The highest BCUT2D eigenvalue weighted by atomic mass is 16.7. The van der Waals surface area contributed by atoms with Crippen LogP contribution in [0.3, 0.4) is 0 Å².